The fourth-order valence-corrected chi connectivity index (χ4v) is 3.20. The molecule has 2 heterocycles. The molecule has 136 valence electrons. The maximum Gasteiger partial charge on any atom is 0.290 e. The van der Waals surface area contributed by atoms with Gasteiger partial charge in [0.2, 0.25) is 5.91 Å². The van der Waals surface area contributed by atoms with Crippen LogP contribution in [0, 0.1) is 22.9 Å². The number of hydrogen-bond acceptors (Lipinski definition) is 5. The van der Waals surface area contributed by atoms with Crippen molar-refractivity contribution in [3.05, 3.63) is 63.1 Å². The Bertz CT molecular complexity index is 872. The molecule has 0 spiro atoms. The largest absolute Gasteiger partial charge is 0.363 e. The molecule has 1 aromatic carbocycles. The number of aryl methyl sites for hydroxylation is 1. The molecule has 0 saturated heterocycles. The summed E-state index contributed by atoms with van der Waals surface area (Å²) in [5.41, 5.74) is 1.92. The van der Waals surface area contributed by atoms with E-state index in [1.54, 1.807) is 24.0 Å². The molecule has 2 aromatic rings. The Hall–Kier alpha value is -3.03. The van der Waals surface area contributed by atoms with Crippen LogP contribution in [-0.4, -0.2) is 27.3 Å². The highest BCUT2D eigenvalue weighted by molar-refractivity contribution is 5.73. The molecular weight excluding hydrogens is 339 g/mol. The fourth-order valence-electron chi connectivity index (χ4n) is 3.20. The Balaban J connectivity index is 1.92. The molecule has 0 bridgehead atoms. The number of benzene rings is 1. The van der Waals surface area contributed by atoms with Gasteiger partial charge in [-0.05, 0) is 42.7 Å². The van der Waals surface area contributed by atoms with E-state index in [0.29, 0.717) is 31.0 Å². The van der Waals surface area contributed by atoms with Crippen molar-refractivity contribution < 1.29 is 14.1 Å². The standard InChI is InChI=1S/C18H19FN4O3/c1-11-17(23(25)26)5-6-18(20-11)21-16-7-8-22(12(2)24)10-13-9-14(19)3-4-15(13)16/h3-6,9,16H,7-8,10H2,1-2H3,(H,20,21). The van der Waals surface area contributed by atoms with E-state index < -0.39 is 4.92 Å². The van der Waals surface area contributed by atoms with E-state index in [4.69, 9.17) is 0 Å². The minimum absolute atomic E-state index is 0.0401. The third-order valence-electron chi connectivity index (χ3n) is 4.55. The van der Waals surface area contributed by atoms with E-state index in [1.165, 1.54) is 25.1 Å². The number of hydrogen-bond donors (Lipinski definition) is 1. The van der Waals surface area contributed by atoms with E-state index in [0.717, 1.165) is 11.1 Å². The first-order valence-corrected chi connectivity index (χ1v) is 8.27. The molecule has 1 unspecified atom stereocenters. The molecule has 3 rings (SSSR count). The Labute approximate surface area is 150 Å². The number of nitrogens with one attached hydrogen (secondary N) is 1. The van der Waals surface area contributed by atoms with Crippen LogP contribution in [0.1, 0.15) is 36.2 Å². The lowest BCUT2D eigenvalue weighted by molar-refractivity contribution is -0.385. The molecular formula is C18H19FN4O3. The zero-order valence-corrected chi connectivity index (χ0v) is 14.5. The molecule has 1 aliphatic rings. The molecule has 1 atom stereocenters. The van der Waals surface area contributed by atoms with Crippen molar-refractivity contribution in [2.45, 2.75) is 32.9 Å². The number of aromatic nitrogens is 1. The zero-order valence-electron chi connectivity index (χ0n) is 14.5. The molecule has 1 aromatic heterocycles. The summed E-state index contributed by atoms with van der Waals surface area (Å²) < 4.78 is 13.7. The van der Waals surface area contributed by atoms with Gasteiger partial charge in [0, 0.05) is 26.1 Å². The van der Waals surface area contributed by atoms with Gasteiger partial charge in [-0.15, -0.1) is 0 Å². The van der Waals surface area contributed by atoms with Gasteiger partial charge in [0.1, 0.15) is 17.3 Å². The van der Waals surface area contributed by atoms with Gasteiger partial charge < -0.3 is 10.2 Å². The first-order chi connectivity index (χ1) is 12.3. The van der Waals surface area contributed by atoms with Crippen LogP contribution in [0.2, 0.25) is 0 Å². The number of fused-ring (bicyclic) bond motifs is 1. The lowest BCUT2D eigenvalue weighted by Gasteiger charge is -2.20. The van der Waals surface area contributed by atoms with Crippen LogP contribution >= 0.6 is 0 Å². The maximum atomic E-state index is 13.7. The van der Waals surface area contributed by atoms with Gasteiger partial charge in [0.25, 0.3) is 5.69 Å². The highest BCUT2D eigenvalue weighted by Crippen LogP contribution is 2.30. The number of amides is 1. The molecule has 26 heavy (non-hydrogen) atoms. The average Bonchev–Trinajstić information content (AvgIpc) is 2.74. The molecule has 1 aliphatic heterocycles. The van der Waals surface area contributed by atoms with Crippen molar-refractivity contribution in [3.8, 4) is 0 Å². The highest BCUT2D eigenvalue weighted by atomic mass is 19.1. The SMILES string of the molecule is CC(=O)N1CCC(Nc2ccc([N+](=O)[O-])c(C)n2)c2ccc(F)cc2C1. The summed E-state index contributed by atoms with van der Waals surface area (Å²) in [6.45, 7) is 3.95. The van der Waals surface area contributed by atoms with Gasteiger partial charge in [-0.1, -0.05) is 6.07 Å². The van der Waals surface area contributed by atoms with Crippen molar-refractivity contribution in [2.75, 3.05) is 11.9 Å². The first kappa shape index (κ1) is 17.8. The first-order valence-electron chi connectivity index (χ1n) is 8.27. The summed E-state index contributed by atoms with van der Waals surface area (Å²) in [7, 11) is 0. The Morgan fingerprint density at radius 1 is 1.38 bits per heavy atom. The van der Waals surface area contributed by atoms with E-state index in [-0.39, 0.29) is 23.5 Å². The van der Waals surface area contributed by atoms with E-state index in [9.17, 15) is 19.3 Å². The van der Waals surface area contributed by atoms with Crippen molar-refractivity contribution >= 4 is 17.4 Å². The van der Waals surface area contributed by atoms with E-state index in [1.807, 2.05) is 0 Å². The van der Waals surface area contributed by atoms with Crippen molar-refractivity contribution in [2.24, 2.45) is 0 Å². The predicted octanol–water partition coefficient (Wildman–Crippen LogP) is 3.34. The summed E-state index contributed by atoms with van der Waals surface area (Å²) in [4.78, 5) is 28.2. The summed E-state index contributed by atoms with van der Waals surface area (Å²) >= 11 is 0. The van der Waals surface area contributed by atoms with Crippen LogP contribution in [0.4, 0.5) is 15.9 Å². The summed E-state index contributed by atoms with van der Waals surface area (Å²) in [6.07, 6.45) is 0.621. The van der Waals surface area contributed by atoms with Gasteiger partial charge in [0.15, 0.2) is 0 Å². The number of carbonyl (C=O) groups is 1. The smallest absolute Gasteiger partial charge is 0.290 e. The van der Waals surface area contributed by atoms with Gasteiger partial charge >= 0.3 is 0 Å². The maximum absolute atomic E-state index is 13.7. The Morgan fingerprint density at radius 3 is 2.81 bits per heavy atom. The second-order valence-corrected chi connectivity index (χ2v) is 6.33. The number of nitro groups is 1. The number of anilines is 1. The van der Waals surface area contributed by atoms with Crippen LogP contribution in [0.15, 0.2) is 30.3 Å². The molecule has 1 amide bonds. The third kappa shape index (κ3) is 3.63. The lowest BCUT2D eigenvalue weighted by atomic mass is 9.99. The van der Waals surface area contributed by atoms with Crippen LogP contribution in [0.3, 0.4) is 0 Å². The molecule has 0 saturated carbocycles. The molecule has 0 fully saturated rings. The second-order valence-electron chi connectivity index (χ2n) is 6.33. The summed E-state index contributed by atoms with van der Waals surface area (Å²) in [5.74, 6) is 0.0898. The van der Waals surface area contributed by atoms with Crippen LogP contribution in [-0.2, 0) is 11.3 Å². The van der Waals surface area contributed by atoms with Crippen molar-refractivity contribution in [1.29, 1.82) is 0 Å². The number of carbonyl (C=O) groups excluding carboxylic acids is 1. The van der Waals surface area contributed by atoms with E-state index in [2.05, 4.69) is 10.3 Å². The van der Waals surface area contributed by atoms with Gasteiger partial charge in [0.05, 0.1) is 11.0 Å². The minimum atomic E-state index is -0.472. The monoisotopic (exact) mass is 358 g/mol. The van der Waals surface area contributed by atoms with Crippen molar-refractivity contribution in [3.63, 3.8) is 0 Å². The number of pyridine rings is 1. The fraction of sp³-hybridized carbons (Fsp3) is 0.333. The zero-order chi connectivity index (χ0) is 18.8. The highest BCUT2D eigenvalue weighted by Gasteiger charge is 2.24. The lowest BCUT2D eigenvalue weighted by Crippen LogP contribution is -2.28. The number of rotatable bonds is 3. The van der Waals surface area contributed by atoms with Gasteiger partial charge in [-0.25, -0.2) is 9.37 Å². The topological polar surface area (TPSA) is 88.4 Å². The minimum Gasteiger partial charge on any atom is -0.363 e. The molecule has 1 N–H and O–H groups in total. The summed E-state index contributed by atoms with van der Waals surface area (Å²) in [5, 5.41) is 14.2. The van der Waals surface area contributed by atoms with Crippen molar-refractivity contribution in [1.82, 2.24) is 9.88 Å². The van der Waals surface area contributed by atoms with Crippen LogP contribution in [0.25, 0.3) is 0 Å². The third-order valence-corrected chi connectivity index (χ3v) is 4.55. The summed E-state index contributed by atoms with van der Waals surface area (Å²) in [6, 6.07) is 7.34. The van der Waals surface area contributed by atoms with E-state index >= 15 is 0 Å². The normalized spacial score (nSPS) is 16.6. The predicted molar refractivity (Wildman–Crippen MR) is 94.1 cm³/mol. The molecule has 8 heteroatoms. The molecule has 0 aliphatic carbocycles. The number of nitrogens with zero attached hydrogens (tertiary/aromatic N) is 3. The Kier molecular flexibility index (Phi) is 4.83. The molecule has 7 nitrogen and oxygen atoms in total. The second kappa shape index (κ2) is 7.07. The number of halogens is 1. The van der Waals surface area contributed by atoms with Crippen LogP contribution in [0.5, 0.6) is 0 Å². The average molecular weight is 358 g/mol. The Morgan fingerprint density at radius 2 is 2.15 bits per heavy atom. The van der Waals surface area contributed by atoms with Gasteiger partial charge in [-0.2, -0.15) is 0 Å². The molecule has 0 radical (unpaired) electrons. The van der Waals surface area contributed by atoms with Gasteiger partial charge in [-0.3, -0.25) is 14.9 Å². The van der Waals surface area contributed by atoms with Crippen LogP contribution < -0.4 is 5.32 Å². The quantitative estimate of drug-likeness (QED) is 0.671.